The summed E-state index contributed by atoms with van der Waals surface area (Å²) in [5.41, 5.74) is 0. The Bertz CT molecular complexity index is 203. The van der Waals surface area contributed by atoms with Gasteiger partial charge in [0.2, 0.25) is 5.88 Å². The van der Waals surface area contributed by atoms with Crippen molar-refractivity contribution >= 4 is 0 Å². The molecule has 0 N–H and O–H groups in total. The summed E-state index contributed by atoms with van der Waals surface area (Å²) in [6.07, 6.45) is 5.32. The zero-order chi connectivity index (χ0) is 8.10. The molecule has 0 aliphatic heterocycles. The first-order valence-corrected chi connectivity index (χ1v) is 3.21. The fourth-order valence-corrected chi connectivity index (χ4v) is 0.518. The molecule has 1 aromatic rings. The average Bonchev–Trinajstić information content (AvgIpc) is 2.06. The molecule has 1 rings (SSSR count). The van der Waals surface area contributed by atoms with Crippen molar-refractivity contribution < 1.29 is 9.47 Å². The Morgan fingerprint density at radius 1 is 1.55 bits per heavy atom. The fourth-order valence-electron chi connectivity index (χ4n) is 0.518. The monoisotopic (exact) mass is 153 g/mol. The Hall–Kier alpha value is -1.16. The highest BCUT2D eigenvalue weighted by Crippen LogP contribution is 2.02. The standard InChI is InChI=1S/C7H9N2O2/c1-6(10-2)11-7-5-8-3-4-9-7/h3-4,6H,1-2H3. The van der Waals surface area contributed by atoms with Crippen LogP contribution in [0.15, 0.2) is 12.4 Å². The molecule has 1 radical (unpaired) electrons. The first kappa shape index (κ1) is 7.94. The van der Waals surface area contributed by atoms with Crippen LogP contribution < -0.4 is 4.74 Å². The molecule has 1 unspecified atom stereocenters. The molecule has 1 aromatic heterocycles. The quantitative estimate of drug-likeness (QED) is 0.598. The molecule has 0 saturated heterocycles. The van der Waals surface area contributed by atoms with Gasteiger partial charge in [-0.2, -0.15) is 0 Å². The first-order valence-electron chi connectivity index (χ1n) is 3.21. The van der Waals surface area contributed by atoms with E-state index < -0.39 is 0 Å². The highest BCUT2D eigenvalue weighted by Gasteiger charge is 2.00. The number of nitrogens with zero attached hydrogens (tertiary/aromatic N) is 2. The van der Waals surface area contributed by atoms with Crippen molar-refractivity contribution in [2.45, 2.75) is 13.2 Å². The van der Waals surface area contributed by atoms with Gasteiger partial charge in [-0.15, -0.1) is 0 Å². The molecule has 0 saturated carbocycles. The zero-order valence-corrected chi connectivity index (χ0v) is 6.44. The first-order chi connectivity index (χ1) is 5.33. The summed E-state index contributed by atoms with van der Waals surface area (Å²) in [6.45, 7) is 1.77. The van der Waals surface area contributed by atoms with Crippen LogP contribution in [0.3, 0.4) is 0 Å². The number of methoxy groups -OCH3 is 1. The minimum absolute atomic E-state index is 0.317. The van der Waals surface area contributed by atoms with Crippen LogP contribution in [0.25, 0.3) is 0 Å². The summed E-state index contributed by atoms with van der Waals surface area (Å²) in [4.78, 5) is 7.55. The molecule has 59 valence electrons. The van der Waals surface area contributed by atoms with Crippen molar-refractivity contribution in [3.05, 3.63) is 18.6 Å². The van der Waals surface area contributed by atoms with Crippen molar-refractivity contribution in [3.8, 4) is 5.88 Å². The maximum atomic E-state index is 5.11. The van der Waals surface area contributed by atoms with E-state index in [9.17, 15) is 0 Å². The normalized spacial score (nSPS) is 12.5. The zero-order valence-electron chi connectivity index (χ0n) is 6.44. The second kappa shape index (κ2) is 3.88. The van der Waals surface area contributed by atoms with Crippen LogP contribution in [0.5, 0.6) is 5.88 Å². The summed E-state index contributed by atoms with van der Waals surface area (Å²) in [5, 5.41) is 0. The van der Waals surface area contributed by atoms with Crippen molar-refractivity contribution in [2.75, 3.05) is 7.11 Å². The lowest BCUT2D eigenvalue weighted by Gasteiger charge is -2.09. The molecule has 1 heterocycles. The van der Waals surface area contributed by atoms with Crippen LogP contribution in [-0.2, 0) is 4.74 Å². The third-order valence-electron chi connectivity index (χ3n) is 1.10. The highest BCUT2D eigenvalue weighted by molar-refractivity contribution is 4.98. The lowest BCUT2D eigenvalue weighted by atomic mass is 10.7. The molecule has 1 atom stereocenters. The van der Waals surface area contributed by atoms with Gasteiger partial charge in [-0.05, 0) is 6.92 Å². The lowest BCUT2D eigenvalue weighted by Crippen LogP contribution is -2.14. The van der Waals surface area contributed by atoms with Gasteiger partial charge < -0.3 is 9.47 Å². The number of hydrogen-bond acceptors (Lipinski definition) is 4. The van der Waals surface area contributed by atoms with Gasteiger partial charge in [-0.3, -0.25) is 0 Å². The maximum absolute atomic E-state index is 5.11. The molecular formula is C7H9N2O2. The number of hydrogen-bond donors (Lipinski definition) is 0. The van der Waals surface area contributed by atoms with Crippen LogP contribution in [0.4, 0.5) is 0 Å². The van der Waals surface area contributed by atoms with E-state index in [0.717, 1.165) is 0 Å². The molecule has 0 spiro atoms. The van der Waals surface area contributed by atoms with Gasteiger partial charge in [-0.1, -0.05) is 0 Å². The summed E-state index contributed by atoms with van der Waals surface area (Å²) >= 11 is 0. The van der Waals surface area contributed by atoms with Crippen molar-refractivity contribution in [2.24, 2.45) is 0 Å². The van der Waals surface area contributed by atoms with E-state index in [-0.39, 0.29) is 6.29 Å². The van der Waals surface area contributed by atoms with E-state index in [1.54, 1.807) is 14.0 Å². The Balaban J connectivity index is 2.51. The predicted octanol–water partition coefficient (Wildman–Crippen LogP) is 0.648. The Morgan fingerprint density at radius 2 is 2.36 bits per heavy atom. The third kappa shape index (κ3) is 2.51. The minimum Gasteiger partial charge on any atom is -0.446 e. The van der Waals surface area contributed by atoms with E-state index in [2.05, 4.69) is 16.2 Å². The molecule has 11 heavy (non-hydrogen) atoms. The van der Waals surface area contributed by atoms with Gasteiger partial charge in [0, 0.05) is 19.5 Å². The van der Waals surface area contributed by atoms with Crippen LogP contribution in [0.2, 0.25) is 0 Å². The molecule has 0 bridgehead atoms. The van der Waals surface area contributed by atoms with Crippen molar-refractivity contribution in [1.29, 1.82) is 0 Å². The minimum atomic E-state index is -0.317. The Morgan fingerprint density at radius 3 is 2.91 bits per heavy atom. The predicted molar refractivity (Wildman–Crippen MR) is 38.0 cm³/mol. The second-order valence-electron chi connectivity index (χ2n) is 1.89. The average molecular weight is 153 g/mol. The molecule has 0 aromatic carbocycles. The van der Waals surface area contributed by atoms with Crippen LogP contribution in [0, 0.1) is 6.20 Å². The summed E-state index contributed by atoms with van der Waals surface area (Å²) in [7, 11) is 1.56. The van der Waals surface area contributed by atoms with E-state index in [1.165, 1.54) is 12.4 Å². The molecule has 0 aliphatic carbocycles. The molecule has 0 aliphatic rings. The van der Waals surface area contributed by atoms with E-state index in [4.69, 9.17) is 9.47 Å². The van der Waals surface area contributed by atoms with Gasteiger partial charge in [0.25, 0.3) is 0 Å². The largest absolute Gasteiger partial charge is 0.446 e. The number of rotatable bonds is 3. The Kier molecular flexibility index (Phi) is 2.80. The van der Waals surface area contributed by atoms with Crippen molar-refractivity contribution in [1.82, 2.24) is 9.97 Å². The van der Waals surface area contributed by atoms with Gasteiger partial charge in [0.15, 0.2) is 12.5 Å². The molecule has 4 heteroatoms. The summed E-state index contributed by atoms with van der Waals surface area (Å²) < 4.78 is 9.96. The molecule has 0 fully saturated rings. The second-order valence-corrected chi connectivity index (χ2v) is 1.89. The van der Waals surface area contributed by atoms with Crippen LogP contribution in [0.1, 0.15) is 6.92 Å². The summed E-state index contributed by atoms with van der Waals surface area (Å²) in [5.74, 6) is 0.349. The molecule has 0 amide bonds. The van der Waals surface area contributed by atoms with E-state index in [0.29, 0.717) is 5.88 Å². The number of aromatic nitrogens is 2. The number of ether oxygens (including phenoxy) is 2. The maximum Gasteiger partial charge on any atom is 0.244 e. The van der Waals surface area contributed by atoms with Crippen molar-refractivity contribution in [3.63, 3.8) is 0 Å². The fraction of sp³-hybridized carbons (Fsp3) is 0.429. The van der Waals surface area contributed by atoms with Gasteiger partial charge in [0.1, 0.15) is 0 Å². The van der Waals surface area contributed by atoms with Gasteiger partial charge in [-0.25, -0.2) is 9.97 Å². The van der Waals surface area contributed by atoms with Crippen LogP contribution in [-0.4, -0.2) is 23.4 Å². The molecular weight excluding hydrogens is 144 g/mol. The van der Waals surface area contributed by atoms with Crippen LogP contribution >= 0.6 is 0 Å². The van der Waals surface area contributed by atoms with E-state index >= 15 is 0 Å². The van der Waals surface area contributed by atoms with Gasteiger partial charge >= 0.3 is 0 Å². The topological polar surface area (TPSA) is 44.2 Å². The van der Waals surface area contributed by atoms with E-state index in [1.807, 2.05) is 0 Å². The highest BCUT2D eigenvalue weighted by atomic mass is 16.7. The smallest absolute Gasteiger partial charge is 0.244 e. The lowest BCUT2D eigenvalue weighted by molar-refractivity contribution is -0.0414. The molecule has 4 nitrogen and oxygen atoms in total. The summed E-state index contributed by atoms with van der Waals surface area (Å²) in [6, 6.07) is 0. The third-order valence-corrected chi connectivity index (χ3v) is 1.10. The SMILES string of the molecule is COC(C)Oc1[c]nccn1. The van der Waals surface area contributed by atoms with Gasteiger partial charge in [0.05, 0.1) is 0 Å². The Labute approximate surface area is 65.2 Å².